The lowest BCUT2D eigenvalue weighted by atomic mass is 10.1. The number of rotatable bonds is 4. The van der Waals surface area contributed by atoms with E-state index in [4.69, 9.17) is 22.1 Å². The quantitative estimate of drug-likeness (QED) is 0.670. The number of halogens is 1. The van der Waals surface area contributed by atoms with E-state index in [1.165, 1.54) is 7.11 Å². The number of carbonyl (C=O) groups is 1. The molecule has 2 rings (SSSR count). The van der Waals surface area contributed by atoms with Gasteiger partial charge in [0, 0.05) is 17.1 Å². The first-order chi connectivity index (χ1) is 9.11. The van der Waals surface area contributed by atoms with E-state index in [1.54, 1.807) is 23.5 Å². The molecule has 0 aliphatic rings. The first-order valence-corrected chi connectivity index (χ1v) is 6.81. The van der Waals surface area contributed by atoms with Crippen LogP contribution in [0.1, 0.15) is 15.2 Å². The fourth-order valence-corrected chi connectivity index (χ4v) is 2.61. The monoisotopic (exact) mass is 296 g/mol. The third-order valence-electron chi connectivity index (χ3n) is 2.54. The number of methoxy groups -OCH3 is 1. The molecule has 1 heterocycles. The second-order valence-electron chi connectivity index (χ2n) is 3.85. The zero-order valence-corrected chi connectivity index (χ0v) is 11.8. The van der Waals surface area contributed by atoms with Crippen molar-refractivity contribution in [2.24, 2.45) is 0 Å². The second kappa shape index (κ2) is 5.95. The van der Waals surface area contributed by atoms with Gasteiger partial charge >= 0.3 is 5.97 Å². The summed E-state index contributed by atoms with van der Waals surface area (Å²) in [5, 5.41) is 5.54. The molecule has 0 spiro atoms. The fraction of sp³-hybridized carbons (Fsp3) is 0.154. The third kappa shape index (κ3) is 3.19. The molecule has 0 amide bonds. The smallest absolute Gasteiger partial charge is 0.340 e. The van der Waals surface area contributed by atoms with Crippen molar-refractivity contribution in [1.82, 2.24) is 0 Å². The molecule has 4 nitrogen and oxygen atoms in total. The lowest BCUT2D eigenvalue weighted by Crippen LogP contribution is -2.09. The number of hydrogen-bond acceptors (Lipinski definition) is 5. The van der Waals surface area contributed by atoms with E-state index >= 15 is 0 Å². The summed E-state index contributed by atoms with van der Waals surface area (Å²) in [6, 6.07) is 7.12. The molecule has 2 aromatic rings. The Morgan fingerprint density at radius 2 is 2.32 bits per heavy atom. The van der Waals surface area contributed by atoms with Gasteiger partial charge in [-0.15, -0.1) is 11.3 Å². The Bertz CT molecular complexity index is 585. The highest BCUT2D eigenvalue weighted by molar-refractivity contribution is 7.09. The molecule has 0 unspecified atom stereocenters. The van der Waals surface area contributed by atoms with Crippen LogP contribution >= 0.6 is 22.9 Å². The summed E-state index contributed by atoms with van der Waals surface area (Å²) in [6.07, 6.45) is 0. The van der Waals surface area contributed by atoms with Crippen molar-refractivity contribution in [3.63, 3.8) is 0 Å². The van der Waals surface area contributed by atoms with E-state index in [-0.39, 0.29) is 0 Å². The predicted octanol–water partition coefficient (Wildman–Crippen LogP) is 3.38. The number of nitrogen functional groups attached to an aromatic ring is 1. The Hall–Kier alpha value is -1.72. The summed E-state index contributed by atoms with van der Waals surface area (Å²) >= 11 is 7.75. The summed E-state index contributed by atoms with van der Waals surface area (Å²) in [4.78, 5) is 12.9. The number of esters is 1. The first-order valence-electron chi connectivity index (χ1n) is 5.55. The van der Waals surface area contributed by atoms with Gasteiger partial charge in [-0.25, -0.2) is 4.79 Å². The molecule has 0 aliphatic heterocycles. The molecule has 0 radical (unpaired) electrons. The summed E-state index contributed by atoms with van der Waals surface area (Å²) in [5.74, 6) is -0.470. The van der Waals surface area contributed by atoms with Crippen molar-refractivity contribution in [2.45, 2.75) is 6.54 Å². The van der Waals surface area contributed by atoms with Gasteiger partial charge in [0.1, 0.15) is 0 Å². The largest absolute Gasteiger partial charge is 0.465 e. The van der Waals surface area contributed by atoms with Crippen LogP contribution in [0.5, 0.6) is 0 Å². The standard InChI is InChI=1S/C13H13ClN2O2S/c1-18-13(17)10-5-8(15)6-11(14)12(10)16-7-9-3-2-4-19-9/h2-6,16H,7,15H2,1H3. The predicted molar refractivity (Wildman–Crippen MR) is 78.8 cm³/mol. The van der Waals surface area contributed by atoms with Crippen LogP contribution in [0.15, 0.2) is 29.6 Å². The van der Waals surface area contributed by atoms with E-state index in [1.807, 2.05) is 17.5 Å². The Morgan fingerprint density at radius 3 is 2.95 bits per heavy atom. The fourth-order valence-electron chi connectivity index (χ4n) is 1.67. The maximum Gasteiger partial charge on any atom is 0.340 e. The molecule has 3 N–H and O–H groups in total. The van der Waals surface area contributed by atoms with E-state index in [0.717, 1.165) is 4.88 Å². The lowest BCUT2D eigenvalue weighted by Gasteiger charge is -2.13. The van der Waals surface area contributed by atoms with Crippen LogP contribution in [-0.2, 0) is 11.3 Å². The number of ether oxygens (including phenoxy) is 1. The maximum absolute atomic E-state index is 11.7. The molecule has 0 bridgehead atoms. The minimum atomic E-state index is -0.470. The van der Waals surface area contributed by atoms with Gasteiger partial charge in [0.15, 0.2) is 0 Å². The van der Waals surface area contributed by atoms with E-state index in [2.05, 4.69) is 5.32 Å². The molecule has 0 fully saturated rings. The van der Waals surface area contributed by atoms with E-state index < -0.39 is 5.97 Å². The van der Waals surface area contributed by atoms with Gasteiger partial charge < -0.3 is 15.8 Å². The molecule has 100 valence electrons. The number of carbonyl (C=O) groups excluding carboxylic acids is 1. The van der Waals surface area contributed by atoms with Crippen LogP contribution in [0.3, 0.4) is 0 Å². The van der Waals surface area contributed by atoms with Crippen molar-refractivity contribution in [1.29, 1.82) is 0 Å². The molecule has 0 aliphatic carbocycles. The van der Waals surface area contributed by atoms with Crippen molar-refractivity contribution >= 4 is 40.3 Å². The average Bonchev–Trinajstić information content (AvgIpc) is 2.89. The molecule has 0 saturated heterocycles. The number of nitrogens with one attached hydrogen (secondary N) is 1. The molecular weight excluding hydrogens is 284 g/mol. The minimum absolute atomic E-state index is 0.337. The van der Waals surface area contributed by atoms with Gasteiger partial charge in [0.2, 0.25) is 0 Å². The van der Waals surface area contributed by atoms with Gasteiger partial charge in [0.25, 0.3) is 0 Å². The highest BCUT2D eigenvalue weighted by Crippen LogP contribution is 2.30. The molecule has 0 saturated carbocycles. The zero-order valence-electron chi connectivity index (χ0n) is 10.3. The van der Waals surface area contributed by atoms with Crippen LogP contribution < -0.4 is 11.1 Å². The van der Waals surface area contributed by atoms with Crippen LogP contribution in [0.4, 0.5) is 11.4 Å². The average molecular weight is 297 g/mol. The summed E-state index contributed by atoms with van der Waals surface area (Å²) in [6.45, 7) is 0.589. The van der Waals surface area contributed by atoms with Crippen molar-refractivity contribution in [2.75, 3.05) is 18.2 Å². The lowest BCUT2D eigenvalue weighted by molar-refractivity contribution is 0.0602. The maximum atomic E-state index is 11.7. The third-order valence-corrected chi connectivity index (χ3v) is 3.71. The van der Waals surface area contributed by atoms with Crippen LogP contribution in [-0.4, -0.2) is 13.1 Å². The van der Waals surface area contributed by atoms with Crippen molar-refractivity contribution in [3.8, 4) is 0 Å². The van der Waals surface area contributed by atoms with E-state index in [9.17, 15) is 4.79 Å². The van der Waals surface area contributed by atoms with Crippen LogP contribution in [0.2, 0.25) is 5.02 Å². The van der Waals surface area contributed by atoms with E-state index in [0.29, 0.717) is 28.5 Å². The molecule has 0 atom stereocenters. The summed E-state index contributed by atoms with van der Waals surface area (Å²) in [7, 11) is 1.32. The Kier molecular flexibility index (Phi) is 4.29. The normalized spacial score (nSPS) is 10.2. The molecule has 1 aromatic heterocycles. The molecule has 1 aromatic carbocycles. The topological polar surface area (TPSA) is 64.3 Å². The first kappa shape index (κ1) is 13.7. The van der Waals surface area contributed by atoms with Gasteiger partial charge in [-0.1, -0.05) is 17.7 Å². The SMILES string of the molecule is COC(=O)c1cc(N)cc(Cl)c1NCc1cccs1. The number of thiophene rings is 1. The Balaban J connectivity index is 2.29. The molecule has 6 heteroatoms. The summed E-state index contributed by atoms with van der Waals surface area (Å²) < 4.78 is 4.73. The highest BCUT2D eigenvalue weighted by atomic mass is 35.5. The van der Waals surface area contributed by atoms with Gasteiger partial charge in [-0.2, -0.15) is 0 Å². The minimum Gasteiger partial charge on any atom is -0.465 e. The number of hydrogen-bond donors (Lipinski definition) is 2. The van der Waals surface area contributed by atoms with Gasteiger partial charge in [0.05, 0.1) is 23.4 Å². The van der Waals surface area contributed by atoms with Crippen molar-refractivity contribution < 1.29 is 9.53 Å². The number of nitrogens with two attached hydrogens (primary N) is 1. The van der Waals surface area contributed by atoms with Gasteiger partial charge in [-0.3, -0.25) is 0 Å². The number of benzene rings is 1. The zero-order chi connectivity index (χ0) is 13.8. The van der Waals surface area contributed by atoms with Crippen LogP contribution in [0.25, 0.3) is 0 Å². The molecule has 19 heavy (non-hydrogen) atoms. The summed E-state index contributed by atoms with van der Waals surface area (Å²) in [5.41, 5.74) is 6.99. The Morgan fingerprint density at radius 1 is 1.53 bits per heavy atom. The van der Waals surface area contributed by atoms with Crippen LogP contribution in [0, 0.1) is 0 Å². The van der Waals surface area contributed by atoms with Gasteiger partial charge in [-0.05, 0) is 23.6 Å². The highest BCUT2D eigenvalue weighted by Gasteiger charge is 2.16. The number of anilines is 2. The van der Waals surface area contributed by atoms with Crippen molar-refractivity contribution in [3.05, 3.63) is 45.1 Å². The Labute approximate surface area is 120 Å². The molecular formula is C13H13ClN2O2S. The second-order valence-corrected chi connectivity index (χ2v) is 5.29.